The first-order chi connectivity index (χ1) is 16.4. The van der Waals surface area contributed by atoms with Crippen molar-refractivity contribution in [2.24, 2.45) is 0 Å². The highest BCUT2D eigenvalue weighted by Gasteiger charge is 2.24. The maximum Gasteiger partial charge on any atom is 0.237 e. The number of aromatic nitrogens is 3. The second-order valence-corrected chi connectivity index (χ2v) is 8.83. The molecule has 3 rings (SSSR count). The third-order valence-corrected chi connectivity index (χ3v) is 6.59. The van der Waals surface area contributed by atoms with E-state index in [9.17, 15) is 9.59 Å². The van der Waals surface area contributed by atoms with Crippen LogP contribution in [0, 0.1) is 0 Å². The lowest BCUT2D eigenvalue weighted by Gasteiger charge is -2.17. The number of carbonyl (C=O) groups excluding carboxylic acids is 2. The minimum atomic E-state index is -0.374. The van der Waals surface area contributed by atoms with Crippen LogP contribution in [0.3, 0.4) is 0 Å². The first-order valence-corrected chi connectivity index (χ1v) is 12.1. The van der Waals surface area contributed by atoms with Gasteiger partial charge in [0.25, 0.3) is 0 Å². The van der Waals surface area contributed by atoms with Crippen molar-refractivity contribution in [1.82, 2.24) is 14.8 Å². The number of carbonyl (C=O) groups is 2. The lowest BCUT2D eigenvalue weighted by molar-refractivity contribution is -0.115. The highest BCUT2D eigenvalue weighted by molar-refractivity contribution is 8.00. The number of Topliss-reactive ketones (excluding diaryl/α,β-unsaturated/α-hetero) is 1. The van der Waals surface area contributed by atoms with Crippen molar-refractivity contribution < 1.29 is 19.1 Å². The Morgan fingerprint density at radius 2 is 1.79 bits per heavy atom. The van der Waals surface area contributed by atoms with Crippen molar-refractivity contribution in [2.45, 2.75) is 57.2 Å². The average molecular weight is 483 g/mol. The molecule has 2 atom stereocenters. The molecule has 0 bridgehead atoms. The van der Waals surface area contributed by atoms with Crippen molar-refractivity contribution in [3.8, 4) is 11.5 Å². The highest BCUT2D eigenvalue weighted by Crippen LogP contribution is 2.29. The molecule has 1 aromatic heterocycles. The van der Waals surface area contributed by atoms with E-state index in [0.29, 0.717) is 40.9 Å². The second kappa shape index (κ2) is 11.7. The Hall–Kier alpha value is -3.33. The molecule has 0 radical (unpaired) electrons. The molecule has 34 heavy (non-hydrogen) atoms. The molecule has 0 aliphatic carbocycles. The number of hydrogen-bond donors (Lipinski definition) is 1. The van der Waals surface area contributed by atoms with Gasteiger partial charge in [0.15, 0.2) is 22.9 Å². The maximum absolute atomic E-state index is 13.0. The van der Waals surface area contributed by atoms with Crippen LogP contribution in [0.25, 0.3) is 0 Å². The Morgan fingerprint density at radius 3 is 2.41 bits per heavy atom. The molecular weight excluding hydrogens is 452 g/mol. The predicted octanol–water partition coefficient (Wildman–Crippen LogP) is 5.16. The van der Waals surface area contributed by atoms with E-state index in [1.807, 2.05) is 49.6 Å². The molecule has 180 valence electrons. The molecule has 2 aromatic carbocycles. The zero-order valence-corrected chi connectivity index (χ0v) is 20.9. The van der Waals surface area contributed by atoms with Crippen LogP contribution in [0.1, 0.15) is 56.4 Å². The van der Waals surface area contributed by atoms with Crippen LogP contribution in [0.2, 0.25) is 0 Å². The zero-order valence-electron chi connectivity index (χ0n) is 20.1. The van der Waals surface area contributed by atoms with Crippen molar-refractivity contribution in [3.05, 3.63) is 59.9 Å². The van der Waals surface area contributed by atoms with Crippen LogP contribution < -0.4 is 14.8 Å². The topological polar surface area (TPSA) is 95.3 Å². The van der Waals surface area contributed by atoms with Gasteiger partial charge in [-0.3, -0.25) is 9.59 Å². The summed E-state index contributed by atoms with van der Waals surface area (Å²) in [5.74, 6) is 1.94. The van der Waals surface area contributed by atoms with Crippen LogP contribution in [-0.2, 0) is 11.3 Å². The molecule has 0 aliphatic rings. The van der Waals surface area contributed by atoms with Crippen LogP contribution in [0.5, 0.6) is 11.5 Å². The molecule has 1 N–H and O–H groups in total. The van der Waals surface area contributed by atoms with Gasteiger partial charge < -0.3 is 19.4 Å². The van der Waals surface area contributed by atoms with Crippen molar-refractivity contribution >= 4 is 29.1 Å². The van der Waals surface area contributed by atoms with Crippen LogP contribution in [-0.4, -0.2) is 38.8 Å². The molecule has 9 heteroatoms. The summed E-state index contributed by atoms with van der Waals surface area (Å²) < 4.78 is 13.2. The molecule has 0 fully saturated rings. The Bertz CT molecular complexity index is 1130. The van der Waals surface area contributed by atoms with Crippen molar-refractivity contribution in [3.63, 3.8) is 0 Å². The Kier molecular flexibility index (Phi) is 8.70. The Morgan fingerprint density at radius 1 is 1.09 bits per heavy atom. The molecule has 1 heterocycles. The summed E-state index contributed by atoms with van der Waals surface area (Å²) >= 11 is 1.37. The lowest BCUT2D eigenvalue weighted by Crippen LogP contribution is -2.25. The van der Waals surface area contributed by atoms with E-state index in [4.69, 9.17) is 9.47 Å². The van der Waals surface area contributed by atoms with Gasteiger partial charge in [0.1, 0.15) is 11.5 Å². The Labute approximate surface area is 204 Å². The van der Waals surface area contributed by atoms with Gasteiger partial charge in [-0.25, -0.2) is 0 Å². The van der Waals surface area contributed by atoms with Gasteiger partial charge in [-0.05, 0) is 63.6 Å². The fourth-order valence-electron chi connectivity index (χ4n) is 3.38. The summed E-state index contributed by atoms with van der Waals surface area (Å²) in [7, 11) is 1.62. The molecule has 0 aliphatic heterocycles. The van der Waals surface area contributed by atoms with E-state index in [-0.39, 0.29) is 23.0 Å². The number of ether oxygens (including phenoxy) is 2. The van der Waals surface area contributed by atoms with Gasteiger partial charge >= 0.3 is 0 Å². The normalized spacial score (nSPS) is 12.6. The average Bonchev–Trinajstić information content (AvgIpc) is 3.25. The third-order valence-electron chi connectivity index (χ3n) is 5.25. The standard InChI is InChI=1S/C25H30N4O4S/c1-6-22(24(31)26-19-10-8-9-18(15-19)16(3)30)34-25-28-27-23(29(25)7-2)17(4)33-21-13-11-20(32-5)12-14-21/h8-15,17,22H,6-7H2,1-5H3,(H,26,31). The van der Waals surface area contributed by atoms with E-state index in [2.05, 4.69) is 15.5 Å². The van der Waals surface area contributed by atoms with E-state index in [1.165, 1.54) is 18.7 Å². The SMILES string of the molecule is CCC(Sc1nnc(C(C)Oc2ccc(OC)cc2)n1CC)C(=O)Nc1cccc(C(C)=O)c1. The summed E-state index contributed by atoms with van der Waals surface area (Å²) in [6, 6.07) is 14.3. The molecule has 1 amide bonds. The third kappa shape index (κ3) is 6.17. The van der Waals surface area contributed by atoms with Gasteiger partial charge in [-0.1, -0.05) is 30.8 Å². The number of amides is 1. The number of ketones is 1. The number of benzene rings is 2. The maximum atomic E-state index is 13.0. The molecule has 0 saturated heterocycles. The lowest BCUT2D eigenvalue weighted by atomic mass is 10.1. The van der Waals surface area contributed by atoms with E-state index in [1.54, 1.807) is 31.4 Å². The van der Waals surface area contributed by atoms with Gasteiger partial charge in [0.2, 0.25) is 5.91 Å². The summed E-state index contributed by atoms with van der Waals surface area (Å²) in [6.07, 6.45) is 0.269. The summed E-state index contributed by atoms with van der Waals surface area (Å²) in [4.78, 5) is 24.6. The highest BCUT2D eigenvalue weighted by atomic mass is 32.2. The first-order valence-electron chi connectivity index (χ1n) is 11.2. The van der Waals surface area contributed by atoms with Gasteiger partial charge in [0, 0.05) is 17.8 Å². The first kappa shape index (κ1) is 25.3. The quantitative estimate of drug-likeness (QED) is 0.298. The number of rotatable bonds is 11. The summed E-state index contributed by atoms with van der Waals surface area (Å²) in [6.45, 7) is 8.01. The number of anilines is 1. The minimum absolute atomic E-state index is 0.0490. The Balaban J connectivity index is 1.71. The fourth-order valence-corrected chi connectivity index (χ4v) is 4.41. The van der Waals surface area contributed by atoms with E-state index < -0.39 is 0 Å². The molecule has 0 saturated carbocycles. The van der Waals surface area contributed by atoms with Crippen LogP contribution in [0.4, 0.5) is 5.69 Å². The smallest absolute Gasteiger partial charge is 0.237 e. The largest absolute Gasteiger partial charge is 0.497 e. The van der Waals surface area contributed by atoms with E-state index in [0.717, 1.165) is 5.75 Å². The van der Waals surface area contributed by atoms with Gasteiger partial charge in [-0.2, -0.15) is 0 Å². The minimum Gasteiger partial charge on any atom is -0.497 e. The zero-order chi connectivity index (χ0) is 24.7. The number of hydrogen-bond acceptors (Lipinski definition) is 7. The fraction of sp³-hybridized carbons (Fsp3) is 0.360. The second-order valence-electron chi connectivity index (χ2n) is 7.66. The van der Waals surface area contributed by atoms with Crippen LogP contribution >= 0.6 is 11.8 Å². The van der Waals surface area contributed by atoms with Crippen molar-refractivity contribution in [2.75, 3.05) is 12.4 Å². The van der Waals surface area contributed by atoms with Crippen molar-refractivity contribution in [1.29, 1.82) is 0 Å². The molecule has 8 nitrogen and oxygen atoms in total. The summed E-state index contributed by atoms with van der Waals surface area (Å²) in [5.41, 5.74) is 1.15. The predicted molar refractivity (Wildman–Crippen MR) is 133 cm³/mol. The molecule has 2 unspecified atom stereocenters. The van der Waals surface area contributed by atoms with E-state index >= 15 is 0 Å². The van der Waals surface area contributed by atoms with Crippen LogP contribution in [0.15, 0.2) is 53.7 Å². The van der Waals surface area contributed by atoms with Gasteiger partial charge in [-0.15, -0.1) is 10.2 Å². The monoisotopic (exact) mass is 482 g/mol. The summed E-state index contributed by atoms with van der Waals surface area (Å²) in [5, 5.41) is 11.9. The number of thioether (sulfide) groups is 1. The number of methoxy groups -OCH3 is 1. The molecule has 0 spiro atoms. The molecule has 3 aromatic rings. The number of nitrogens with one attached hydrogen (secondary N) is 1. The number of nitrogens with zero attached hydrogens (tertiary/aromatic N) is 3. The van der Waals surface area contributed by atoms with Gasteiger partial charge in [0.05, 0.1) is 12.4 Å². The molecular formula is C25H30N4O4S.